The normalized spacial score (nSPS) is 12.0. The van der Waals surface area contributed by atoms with Crippen molar-refractivity contribution in [2.24, 2.45) is 0 Å². The first-order valence-corrected chi connectivity index (χ1v) is 14.5. The van der Waals surface area contributed by atoms with E-state index >= 15 is 0 Å². The number of carbonyl (C=O) groups excluding carboxylic acids is 2. The average molecular weight is 556 g/mol. The number of aryl methyl sites for hydroxylation is 1. The van der Waals surface area contributed by atoms with Crippen molar-refractivity contribution in [1.29, 1.82) is 0 Å². The van der Waals surface area contributed by atoms with Crippen LogP contribution in [0.2, 0.25) is 5.02 Å². The van der Waals surface area contributed by atoms with E-state index in [1.54, 1.807) is 36.4 Å². The molecule has 0 aliphatic carbocycles. The summed E-state index contributed by atoms with van der Waals surface area (Å²) >= 11 is 6.43. The lowest BCUT2D eigenvalue weighted by atomic mass is 10.1. The first kappa shape index (κ1) is 29.2. The lowest BCUT2D eigenvalue weighted by Crippen LogP contribution is -2.52. The van der Waals surface area contributed by atoms with Crippen LogP contribution in [-0.4, -0.2) is 44.3 Å². The van der Waals surface area contributed by atoms with Crippen LogP contribution >= 0.6 is 11.6 Å². The van der Waals surface area contributed by atoms with E-state index in [2.05, 4.69) is 5.32 Å². The van der Waals surface area contributed by atoms with Crippen LogP contribution < -0.4 is 9.62 Å². The van der Waals surface area contributed by atoms with Crippen molar-refractivity contribution >= 4 is 39.1 Å². The molecule has 202 valence electrons. The molecule has 7 nitrogen and oxygen atoms in total. The van der Waals surface area contributed by atoms with E-state index in [0.29, 0.717) is 13.0 Å². The maximum Gasteiger partial charge on any atom is 0.264 e. The van der Waals surface area contributed by atoms with Gasteiger partial charge in [-0.25, -0.2) is 8.42 Å². The molecule has 0 heterocycles. The Bertz CT molecular complexity index is 1330. The second-order valence-corrected chi connectivity index (χ2v) is 11.3. The Hall–Kier alpha value is -3.36. The molecule has 38 heavy (non-hydrogen) atoms. The molecule has 1 atom stereocenters. The molecule has 0 unspecified atom stereocenters. The molecule has 3 aromatic rings. The Morgan fingerprint density at radius 2 is 1.55 bits per heavy atom. The van der Waals surface area contributed by atoms with Gasteiger partial charge in [0.05, 0.1) is 15.6 Å². The number of rotatable bonds is 12. The van der Waals surface area contributed by atoms with Gasteiger partial charge < -0.3 is 10.2 Å². The minimum absolute atomic E-state index is 0.0400. The minimum Gasteiger partial charge on any atom is -0.354 e. The third kappa shape index (κ3) is 7.14. The molecule has 0 fully saturated rings. The Labute approximate surface area is 230 Å². The molecule has 0 saturated heterocycles. The minimum atomic E-state index is -4.16. The number of anilines is 1. The van der Waals surface area contributed by atoms with E-state index < -0.39 is 28.5 Å². The summed E-state index contributed by atoms with van der Waals surface area (Å²) < 4.78 is 28.7. The first-order valence-electron chi connectivity index (χ1n) is 12.6. The fourth-order valence-corrected chi connectivity index (χ4v) is 5.79. The van der Waals surface area contributed by atoms with E-state index in [1.807, 2.05) is 51.1 Å². The fourth-order valence-electron chi connectivity index (χ4n) is 4.07. The molecule has 3 aromatic carbocycles. The second-order valence-electron chi connectivity index (χ2n) is 9.00. The molecule has 0 aliphatic rings. The van der Waals surface area contributed by atoms with Crippen LogP contribution in [0.15, 0.2) is 83.8 Å². The van der Waals surface area contributed by atoms with Crippen molar-refractivity contribution < 1.29 is 18.0 Å². The van der Waals surface area contributed by atoms with Crippen LogP contribution in [0.1, 0.15) is 37.8 Å². The molecule has 0 radical (unpaired) electrons. The maximum absolute atomic E-state index is 14.0. The molecule has 0 aromatic heterocycles. The molecule has 1 N–H and O–H groups in total. The number of nitrogens with zero attached hydrogens (tertiary/aromatic N) is 2. The summed E-state index contributed by atoms with van der Waals surface area (Å²) in [5.74, 6) is -0.785. The maximum atomic E-state index is 14.0. The second kappa shape index (κ2) is 13.4. The van der Waals surface area contributed by atoms with Crippen LogP contribution in [0.5, 0.6) is 0 Å². The van der Waals surface area contributed by atoms with Gasteiger partial charge in [-0.15, -0.1) is 0 Å². The molecule has 0 bridgehead atoms. The number of para-hydroxylation sites is 1. The topological polar surface area (TPSA) is 86.8 Å². The highest BCUT2D eigenvalue weighted by molar-refractivity contribution is 7.92. The van der Waals surface area contributed by atoms with Crippen molar-refractivity contribution in [3.8, 4) is 0 Å². The van der Waals surface area contributed by atoms with Gasteiger partial charge in [-0.3, -0.25) is 13.9 Å². The summed E-state index contributed by atoms with van der Waals surface area (Å²) in [4.78, 5) is 28.5. The van der Waals surface area contributed by atoms with Crippen molar-refractivity contribution in [3.05, 3.63) is 95.0 Å². The van der Waals surface area contributed by atoms with Gasteiger partial charge in [0, 0.05) is 13.1 Å². The third-order valence-corrected chi connectivity index (χ3v) is 8.23. The lowest BCUT2D eigenvalue weighted by Gasteiger charge is -2.33. The zero-order chi connectivity index (χ0) is 27.7. The van der Waals surface area contributed by atoms with Crippen LogP contribution in [-0.2, 0) is 26.2 Å². The fraction of sp³-hybridized carbons (Fsp3) is 0.310. The average Bonchev–Trinajstić information content (AvgIpc) is 2.91. The molecule has 2 amide bonds. The van der Waals surface area contributed by atoms with Crippen LogP contribution in [0, 0.1) is 6.92 Å². The predicted octanol–water partition coefficient (Wildman–Crippen LogP) is 5.18. The number of halogens is 1. The number of nitrogens with one attached hydrogen (secondary N) is 1. The van der Waals surface area contributed by atoms with Gasteiger partial charge >= 0.3 is 0 Å². The van der Waals surface area contributed by atoms with E-state index in [9.17, 15) is 18.0 Å². The van der Waals surface area contributed by atoms with E-state index in [1.165, 1.54) is 17.0 Å². The summed E-state index contributed by atoms with van der Waals surface area (Å²) in [6, 6.07) is 21.5. The summed E-state index contributed by atoms with van der Waals surface area (Å²) in [5, 5.41) is 3.07. The highest BCUT2D eigenvalue weighted by Gasteiger charge is 2.34. The molecule has 0 aliphatic heterocycles. The van der Waals surface area contributed by atoms with Gasteiger partial charge in [0.25, 0.3) is 10.0 Å². The molecule has 0 saturated carbocycles. The van der Waals surface area contributed by atoms with Gasteiger partial charge in [0.15, 0.2) is 0 Å². The Morgan fingerprint density at radius 1 is 0.921 bits per heavy atom. The number of amides is 2. The van der Waals surface area contributed by atoms with Gasteiger partial charge in [-0.2, -0.15) is 0 Å². The lowest BCUT2D eigenvalue weighted by molar-refractivity contribution is -0.140. The highest BCUT2D eigenvalue weighted by atomic mass is 35.5. The van der Waals surface area contributed by atoms with E-state index in [0.717, 1.165) is 21.9 Å². The van der Waals surface area contributed by atoms with Crippen LogP contribution in [0.4, 0.5) is 5.69 Å². The van der Waals surface area contributed by atoms with Crippen molar-refractivity contribution in [2.45, 2.75) is 51.1 Å². The molecule has 3 rings (SSSR count). The van der Waals surface area contributed by atoms with E-state index in [4.69, 9.17) is 11.6 Å². The number of benzene rings is 3. The molecule has 0 spiro atoms. The largest absolute Gasteiger partial charge is 0.354 e. The smallest absolute Gasteiger partial charge is 0.264 e. The summed E-state index contributed by atoms with van der Waals surface area (Å²) in [7, 11) is -4.16. The Kier molecular flexibility index (Phi) is 10.3. The van der Waals surface area contributed by atoms with Gasteiger partial charge in [-0.05, 0) is 49.6 Å². The van der Waals surface area contributed by atoms with Gasteiger partial charge in [0.2, 0.25) is 11.8 Å². The van der Waals surface area contributed by atoms with Crippen molar-refractivity contribution in [1.82, 2.24) is 10.2 Å². The third-order valence-electron chi connectivity index (χ3n) is 6.14. The number of carbonyl (C=O) groups is 2. The number of hydrogen-bond acceptors (Lipinski definition) is 4. The summed E-state index contributed by atoms with van der Waals surface area (Å²) in [6.45, 7) is 5.75. The Balaban J connectivity index is 2.05. The SMILES string of the molecule is CCCNC(=O)[C@@H](CC)N(Cc1ccccc1)C(=O)CN(c1ccccc1Cl)S(=O)(=O)c1ccc(C)cc1. The standard InChI is InChI=1S/C29H34ClN3O4S/c1-4-19-31-29(35)26(5-2)32(20-23-11-7-6-8-12-23)28(34)21-33(27-14-10-9-13-25(27)30)38(36,37)24-17-15-22(3)16-18-24/h6-18,26H,4-5,19-21H2,1-3H3,(H,31,35)/t26-/m1/s1. The van der Waals surface area contributed by atoms with Crippen LogP contribution in [0.3, 0.4) is 0 Å². The first-order chi connectivity index (χ1) is 18.2. The zero-order valence-corrected chi connectivity index (χ0v) is 23.5. The summed E-state index contributed by atoms with van der Waals surface area (Å²) in [5.41, 5.74) is 1.92. The molecular formula is C29H34ClN3O4S. The van der Waals surface area contributed by atoms with Crippen molar-refractivity contribution in [3.63, 3.8) is 0 Å². The molecule has 9 heteroatoms. The number of sulfonamides is 1. The van der Waals surface area contributed by atoms with E-state index in [-0.39, 0.29) is 28.1 Å². The monoisotopic (exact) mass is 555 g/mol. The highest BCUT2D eigenvalue weighted by Crippen LogP contribution is 2.31. The van der Waals surface area contributed by atoms with Crippen molar-refractivity contribution in [2.75, 3.05) is 17.4 Å². The van der Waals surface area contributed by atoms with Crippen LogP contribution in [0.25, 0.3) is 0 Å². The number of hydrogen-bond donors (Lipinski definition) is 1. The quantitative estimate of drug-likeness (QED) is 0.334. The summed E-state index contributed by atoms with van der Waals surface area (Å²) in [6.07, 6.45) is 1.12. The molecular weight excluding hydrogens is 522 g/mol. The predicted molar refractivity (Wildman–Crippen MR) is 152 cm³/mol. The van der Waals surface area contributed by atoms with Gasteiger partial charge in [-0.1, -0.05) is 85.6 Å². The van der Waals surface area contributed by atoms with Gasteiger partial charge in [0.1, 0.15) is 12.6 Å². The Morgan fingerprint density at radius 3 is 2.16 bits per heavy atom. The zero-order valence-electron chi connectivity index (χ0n) is 21.9.